The van der Waals surface area contributed by atoms with Crippen molar-refractivity contribution in [2.45, 2.75) is 32.7 Å². The van der Waals surface area contributed by atoms with Crippen LogP contribution < -0.4 is 16.4 Å². The van der Waals surface area contributed by atoms with Crippen LogP contribution in [0.3, 0.4) is 0 Å². The number of amides is 1. The summed E-state index contributed by atoms with van der Waals surface area (Å²) in [4.78, 5) is 16.3. The number of nitrogen functional groups attached to an aromatic ring is 1. The van der Waals surface area contributed by atoms with Crippen LogP contribution in [0.5, 0.6) is 0 Å². The van der Waals surface area contributed by atoms with E-state index in [-0.39, 0.29) is 17.3 Å². The number of nitrogens with one attached hydrogen (secondary N) is 2. The van der Waals surface area contributed by atoms with E-state index in [2.05, 4.69) is 21.5 Å². The van der Waals surface area contributed by atoms with Gasteiger partial charge in [0.25, 0.3) is 5.91 Å². The van der Waals surface area contributed by atoms with E-state index in [1.807, 2.05) is 20.8 Å². The van der Waals surface area contributed by atoms with E-state index >= 15 is 0 Å². The molecule has 5 nitrogen and oxygen atoms in total. The zero-order chi connectivity index (χ0) is 13.8. The van der Waals surface area contributed by atoms with Crippen LogP contribution in [0, 0.1) is 12.3 Å². The molecule has 18 heavy (non-hydrogen) atoms. The Hall–Kier alpha value is -1.74. The average molecular weight is 266 g/mol. The summed E-state index contributed by atoms with van der Waals surface area (Å²) < 4.78 is 0. The van der Waals surface area contributed by atoms with Crippen LogP contribution in [0.1, 0.15) is 36.9 Å². The number of carbonyl (C=O) groups excluding carboxylic acids is 1. The molecule has 0 aromatic carbocycles. The highest BCUT2D eigenvalue weighted by atomic mass is 32.1. The van der Waals surface area contributed by atoms with Crippen LogP contribution in [0.2, 0.25) is 0 Å². The first-order chi connectivity index (χ1) is 8.33. The first kappa shape index (κ1) is 14.3. The summed E-state index contributed by atoms with van der Waals surface area (Å²) >= 11 is 1.24. The molecule has 1 amide bonds. The average Bonchev–Trinajstić information content (AvgIpc) is 2.57. The van der Waals surface area contributed by atoms with Gasteiger partial charge in [0, 0.05) is 18.5 Å². The number of carbonyl (C=O) groups is 1. The smallest absolute Gasteiger partial charge is 0.265 e. The molecule has 0 unspecified atom stereocenters. The van der Waals surface area contributed by atoms with Crippen LogP contribution in [0.25, 0.3) is 0 Å². The van der Waals surface area contributed by atoms with Crippen LogP contribution in [0.15, 0.2) is 0 Å². The molecule has 1 rings (SSSR count). The van der Waals surface area contributed by atoms with Gasteiger partial charge in [-0.05, 0) is 20.8 Å². The summed E-state index contributed by atoms with van der Waals surface area (Å²) in [6.45, 7) is 6.47. The van der Waals surface area contributed by atoms with Gasteiger partial charge in [0.2, 0.25) is 0 Å². The fourth-order valence-electron chi connectivity index (χ4n) is 1.20. The molecule has 0 aliphatic carbocycles. The highest BCUT2D eigenvalue weighted by Gasteiger charge is 2.18. The molecule has 0 bridgehead atoms. The number of nitrogens with two attached hydrogens (primary N) is 1. The van der Waals surface area contributed by atoms with E-state index in [9.17, 15) is 4.79 Å². The summed E-state index contributed by atoms with van der Waals surface area (Å²) in [6.07, 6.45) is 5.61. The van der Waals surface area contributed by atoms with Crippen molar-refractivity contribution in [2.75, 3.05) is 17.6 Å². The van der Waals surface area contributed by atoms with E-state index < -0.39 is 0 Å². The SMILES string of the molecule is C#CCCNC(=O)c1sc(NC(C)(C)C)nc1N. The van der Waals surface area contributed by atoms with Crippen LogP contribution in [-0.2, 0) is 0 Å². The summed E-state index contributed by atoms with van der Waals surface area (Å²) in [6, 6.07) is 0. The molecule has 1 heterocycles. The fraction of sp³-hybridized carbons (Fsp3) is 0.500. The monoisotopic (exact) mass is 266 g/mol. The third kappa shape index (κ3) is 4.26. The summed E-state index contributed by atoms with van der Waals surface area (Å²) in [5.41, 5.74) is 5.60. The number of rotatable bonds is 4. The lowest BCUT2D eigenvalue weighted by Crippen LogP contribution is -2.25. The number of anilines is 2. The van der Waals surface area contributed by atoms with Crippen molar-refractivity contribution >= 4 is 28.2 Å². The Labute approximate surface area is 111 Å². The zero-order valence-corrected chi connectivity index (χ0v) is 11.6. The topological polar surface area (TPSA) is 80.0 Å². The van der Waals surface area contributed by atoms with E-state index in [0.29, 0.717) is 23.0 Å². The molecule has 0 radical (unpaired) electrons. The first-order valence-corrected chi connectivity index (χ1v) is 6.41. The Morgan fingerprint density at radius 3 is 2.78 bits per heavy atom. The Kier molecular flexibility index (Phi) is 4.56. The third-order valence-electron chi connectivity index (χ3n) is 1.90. The number of aromatic nitrogens is 1. The minimum absolute atomic E-state index is 0.124. The van der Waals surface area contributed by atoms with Crippen LogP contribution in [0.4, 0.5) is 10.9 Å². The number of nitrogens with zero attached hydrogens (tertiary/aromatic N) is 1. The molecule has 0 aliphatic rings. The van der Waals surface area contributed by atoms with Crippen molar-refractivity contribution in [3.63, 3.8) is 0 Å². The maximum absolute atomic E-state index is 11.8. The molecule has 0 atom stereocenters. The zero-order valence-electron chi connectivity index (χ0n) is 10.8. The van der Waals surface area contributed by atoms with Crippen molar-refractivity contribution in [3.8, 4) is 12.3 Å². The van der Waals surface area contributed by atoms with Gasteiger partial charge in [-0.25, -0.2) is 4.98 Å². The maximum Gasteiger partial charge on any atom is 0.265 e. The van der Waals surface area contributed by atoms with Crippen molar-refractivity contribution < 1.29 is 4.79 Å². The Morgan fingerprint density at radius 2 is 2.22 bits per heavy atom. The second-order valence-electron chi connectivity index (χ2n) is 4.82. The Bertz CT molecular complexity index is 467. The molecular weight excluding hydrogens is 248 g/mol. The van der Waals surface area contributed by atoms with E-state index in [1.165, 1.54) is 11.3 Å². The molecule has 1 aromatic rings. The third-order valence-corrected chi connectivity index (χ3v) is 2.88. The maximum atomic E-state index is 11.8. The summed E-state index contributed by atoms with van der Waals surface area (Å²) in [7, 11) is 0. The van der Waals surface area contributed by atoms with Gasteiger partial charge in [0.05, 0.1) is 0 Å². The van der Waals surface area contributed by atoms with E-state index in [1.54, 1.807) is 0 Å². The molecule has 0 saturated carbocycles. The van der Waals surface area contributed by atoms with Gasteiger partial charge in [0.1, 0.15) is 10.7 Å². The predicted octanol–water partition coefficient (Wildman–Crippen LogP) is 1.69. The molecule has 0 fully saturated rings. The lowest BCUT2D eigenvalue weighted by Gasteiger charge is -2.19. The van der Waals surface area contributed by atoms with Crippen molar-refractivity contribution in [3.05, 3.63) is 4.88 Å². The van der Waals surface area contributed by atoms with E-state index in [4.69, 9.17) is 12.2 Å². The minimum Gasteiger partial charge on any atom is -0.382 e. The molecule has 0 aliphatic heterocycles. The Morgan fingerprint density at radius 1 is 1.56 bits per heavy atom. The van der Waals surface area contributed by atoms with Gasteiger partial charge in [-0.2, -0.15) is 0 Å². The lowest BCUT2D eigenvalue weighted by atomic mass is 10.1. The second-order valence-corrected chi connectivity index (χ2v) is 5.82. The molecule has 1 aromatic heterocycles. The van der Waals surface area contributed by atoms with Gasteiger partial charge in [-0.15, -0.1) is 12.3 Å². The van der Waals surface area contributed by atoms with Crippen molar-refractivity contribution in [1.29, 1.82) is 0 Å². The molecular formula is C12H18N4OS. The quantitative estimate of drug-likeness (QED) is 0.572. The van der Waals surface area contributed by atoms with Crippen molar-refractivity contribution in [1.82, 2.24) is 10.3 Å². The van der Waals surface area contributed by atoms with Gasteiger partial charge >= 0.3 is 0 Å². The Balaban J connectivity index is 2.73. The van der Waals surface area contributed by atoms with Gasteiger partial charge in [-0.1, -0.05) is 11.3 Å². The molecule has 0 saturated heterocycles. The standard InChI is InChI=1S/C12H18N4OS/c1-5-6-7-14-10(17)8-9(13)15-11(18-8)16-12(2,3)4/h1H,6-7,13H2,2-4H3,(H,14,17)(H,15,16). The lowest BCUT2D eigenvalue weighted by molar-refractivity contribution is 0.0959. The number of thiazole rings is 1. The number of hydrogen-bond acceptors (Lipinski definition) is 5. The summed E-state index contributed by atoms with van der Waals surface area (Å²) in [5, 5.41) is 6.52. The van der Waals surface area contributed by atoms with Crippen molar-refractivity contribution in [2.24, 2.45) is 0 Å². The summed E-state index contributed by atoms with van der Waals surface area (Å²) in [5.74, 6) is 2.46. The normalized spacial score (nSPS) is 10.8. The highest BCUT2D eigenvalue weighted by Crippen LogP contribution is 2.26. The molecule has 6 heteroatoms. The van der Waals surface area contributed by atoms with Crippen LogP contribution in [-0.4, -0.2) is 23.0 Å². The molecule has 0 spiro atoms. The van der Waals surface area contributed by atoms with E-state index in [0.717, 1.165) is 0 Å². The predicted molar refractivity (Wildman–Crippen MR) is 75.7 cm³/mol. The molecule has 4 N–H and O–H groups in total. The number of hydrogen-bond donors (Lipinski definition) is 3. The van der Waals surface area contributed by atoms with Gasteiger partial charge in [0.15, 0.2) is 5.13 Å². The van der Waals surface area contributed by atoms with Crippen LogP contribution >= 0.6 is 11.3 Å². The largest absolute Gasteiger partial charge is 0.382 e. The van der Waals surface area contributed by atoms with Gasteiger partial charge in [-0.3, -0.25) is 4.79 Å². The highest BCUT2D eigenvalue weighted by molar-refractivity contribution is 7.18. The fourth-order valence-corrected chi connectivity index (χ4v) is 2.21. The first-order valence-electron chi connectivity index (χ1n) is 5.59. The minimum atomic E-state index is -0.234. The second kappa shape index (κ2) is 5.74. The number of terminal acetylenes is 1. The molecule has 98 valence electrons. The van der Waals surface area contributed by atoms with Gasteiger partial charge < -0.3 is 16.4 Å².